The topological polar surface area (TPSA) is 213 Å². The first kappa shape index (κ1) is 64.2. The first-order valence-corrected chi connectivity index (χ1v) is 27.4. The lowest BCUT2D eigenvalue weighted by atomic mass is 9.93. The van der Waals surface area contributed by atoms with Gasteiger partial charge in [-0.3, -0.25) is 33.6 Å². The zero-order valence-corrected chi connectivity index (χ0v) is 48.5. The van der Waals surface area contributed by atoms with Gasteiger partial charge in [-0.05, 0) is 108 Å². The predicted molar refractivity (Wildman–Crippen MR) is 284 cm³/mol. The van der Waals surface area contributed by atoms with Crippen LogP contribution in [0.2, 0.25) is 0 Å². The van der Waals surface area contributed by atoms with E-state index in [1.54, 1.807) is 41.7 Å². The van der Waals surface area contributed by atoms with Gasteiger partial charge in [0.2, 0.25) is 29.5 Å². The number of ether oxygens (including phenoxy) is 4. The Kier molecular flexibility index (Phi) is 25.2. The highest BCUT2D eigenvalue weighted by atomic mass is 16.5. The normalized spacial score (nSPS) is 32.1. The van der Waals surface area contributed by atoms with Crippen LogP contribution in [-0.4, -0.2) is 199 Å². The Morgan fingerprint density at radius 3 is 1.75 bits per heavy atom. The number of carbonyl (C=O) groups excluding carboxylic acids is 8. The third-order valence-corrected chi connectivity index (χ3v) is 16.0. The van der Waals surface area contributed by atoms with E-state index in [0.29, 0.717) is 69.9 Å². The molecule has 0 unspecified atom stereocenters. The molecule has 6 amide bonds. The van der Waals surface area contributed by atoms with Crippen LogP contribution in [0.25, 0.3) is 0 Å². The van der Waals surface area contributed by atoms with Crippen molar-refractivity contribution in [1.82, 2.24) is 29.4 Å². The minimum Gasteiger partial charge on any atom is -0.496 e. The van der Waals surface area contributed by atoms with Crippen molar-refractivity contribution in [3.05, 3.63) is 23.5 Å². The van der Waals surface area contributed by atoms with Gasteiger partial charge in [0.1, 0.15) is 54.2 Å². The summed E-state index contributed by atoms with van der Waals surface area (Å²) in [7, 11) is 8.94. The number of amides is 6. The van der Waals surface area contributed by atoms with Crippen molar-refractivity contribution < 1.29 is 62.4 Å². The van der Waals surface area contributed by atoms with Crippen LogP contribution in [0.1, 0.15) is 140 Å². The van der Waals surface area contributed by atoms with E-state index in [9.17, 15) is 43.5 Å². The van der Waals surface area contributed by atoms with E-state index in [0.717, 1.165) is 0 Å². The number of cyclic esters (lactones) is 2. The van der Waals surface area contributed by atoms with Gasteiger partial charge in [-0.15, -0.1) is 0 Å². The minimum atomic E-state index is -1.19. The van der Waals surface area contributed by atoms with Crippen molar-refractivity contribution in [3.8, 4) is 0 Å². The van der Waals surface area contributed by atoms with Gasteiger partial charge in [-0.2, -0.15) is 0 Å². The van der Waals surface area contributed by atoms with E-state index in [2.05, 4.69) is 0 Å². The van der Waals surface area contributed by atoms with E-state index >= 15 is 0 Å². The predicted octanol–water partition coefficient (Wildman–Crippen LogP) is 5.22. The molecule has 3 rings (SSSR count). The summed E-state index contributed by atoms with van der Waals surface area (Å²) < 4.78 is 23.1. The summed E-state index contributed by atoms with van der Waals surface area (Å²) in [6.45, 7) is 20.3. The Morgan fingerprint density at radius 1 is 0.653 bits per heavy atom. The molecule has 75 heavy (non-hydrogen) atoms. The number of aliphatic hydroxyl groups is 1. The van der Waals surface area contributed by atoms with E-state index in [-0.39, 0.29) is 43.1 Å². The Labute approximate surface area is 448 Å². The first-order chi connectivity index (χ1) is 35.2. The lowest BCUT2D eigenvalue weighted by molar-refractivity contribution is -0.162. The minimum absolute atomic E-state index is 0.165. The average Bonchev–Trinajstić information content (AvgIpc) is 4.08. The van der Waals surface area contributed by atoms with Crippen molar-refractivity contribution in [3.63, 3.8) is 0 Å². The number of hydrogen-bond acceptors (Lipinski definition) is 13. The van der Waals surface area contributed by atoms with Crippen LogP contribution in [0.15, 0.2) is 23.5 Å². The van der Waals surface area contributed by atoms with Gasteiger partial charge >= 0.3 is 11.9 Å². The fourth-order valence-corrected chi connectivity index (χ4v) is 10.6. The second-order valence-corrected chi connectivity index (χ2v) is 22.1. The Morgan fingerprint density at radius 2 is 1.20 bits per heavy atom. The summed E-state index contributed by atoms with van der Waals surface area (Å²) in [5, 5.41) is 11.1. The maximum Gasteiger partial charge on any atom is 0.329 e. The third kappa shape index (κ3) is 16.0. The average molecular weight is 1060 g/mol. The second-order valence-electron chi connectivity index (χ2n) is 22.1. The number of hydrogen-bond donors (Lipinski definition) is 1. The SMILES string of the molecule is CC[C@@H]1CCC[C@@H](O)[C@@H](C)C(=O)O[C@H](C)[C@@H](C)C/C=C(C)/C(OC)=C\C(=O)N(C)[C@@H]([C@@H](C)CC)C(=O)N(C)[C@@H](C(C)C)C(=O)N(C)[C@@H](COC)C(=O)N2CCC[C@H]2C(=O)N(C)[C@@H](C(C)C)C(=O)N2CCC[C@H]2C(=O)O1. The van der Waals surface area contributed by atoms with E-state index in [4.69, 9.17) is 18.9 Å². The van der Waals surface area contributed by atoms with Crippen molar-refractivity contribution in [2.24, 2.45) is 29.6 Å². The molecule has 19 heteroatoms. The standard InChI is InChI=1S/C56H94N6O13/c1-18-35(7)49-53(68)60(15)47(33(3)4)52(67)57(12)43(32-72-16)51(66)61-29-21-24-41(61)50(65)59(14)48(34(5)6)54(69)62-30-22-25-42(62)56(71)75-40(19-2)23-20-26-44(63)38(10)55(70)74-39(11)36(8)27-28-37(9)45(73-17)31-46(64)58(49)13/h28,31,33-36,38-44,47-49,63H,18-27,29-30,32H2,1-17H3/b37-28+,45-31+/t35-,36-,38+,39+,40+,41-,42-,43-,44+,47-,48-,49-/m0/s1. The number of esters is 2. The molecule has 0 spiro atoms. The van der Waals surface area contributed by atoms with Crippen molar-refractivity contribution in [1.29, 1.82) is 0 Å². The van der Waals surface area contributed by atoms with Crippen molar-refractivity contribution in [2.45, 2.75) is 195 Å². The monoisotopic (exact) mass is 1060 g/mol. The summed E-state index contributed by atoms with van der Waals surface area (Å²) in [4.78, 5) is 123. The van der Waals surface area contributed by atoms with Gasteiger partial charge in [-0.1, -0.05) is 67.9 Å². The van der Waals surface area contributed by atoms with Crippen molar-refractivity contribution in [2.75, 3.05) is 62.1 Å². The summed E-state index contributed by atoms with van der Waals surface area (Å²) >= 11 is 0. The lowest BCUT2D eigenvalue weighted by Gasteiger charge is -2.41. The molecule has 0 bridgehead atoms. The molecule has 0 aliphatic carbocycles. The first-order valence-electron chi connectivity index (χ1n) is 27.4. The smallest absolute Gasteiger partial charge is 0.329 e. The van der Waals surface area contributed by atoms with Crippen molar-refractivity contribution >= 4 is 47.4 Å². The molecular weight excluding hydrogens is 965 g/mol. The Balaban J connectivity index is 2.11. The maximum absolute atomic E-state index is 14.8. The Hall–Kier alpha value is -5.04. The zero-order valence-electron chi connectivity index (χ0n) is 48.5. The molecule has 426 valence electrons. The van der Waals surface area contributed by atoms with Crippen LogP contribution in [0.4, 0.5) is 0 Å². The molecule has 3 aliphatic rings. The second kappa shape index (κ2) is 29.5. The number of likely N-dealkylation sites (N-methyl/N-ethyl adjacent to an activating group) is 4. The van der Waals surface area contributed by atoms with Gasteiger partial charge in [0, 0.05) is 54.5 Å². The fraction of sp³-hybridized carbons (Fsp3) is 0.786. The highest BCUT2D eigenvalue weighted by molar-refractivity contribution is 5.98. The molecule has 3 aliphatic heterocycles. The molecule has 0 aromatic rings. The Bertz CT molecular complexity index is 2040. The third-order valence-electron chi connectivity index (χ3n) is 16.0. The van der Waals surface area contributed by atoms with Crippen LogP contribution in [0.5, 0.6) is 0 Å². The number of carbonyl (C=O) groups is 8. The van der Waals surface area contributed by atoms with Gasteiger partial charge in [0.25, 0.3) is 5.91 Å². The maximum atomic E-state index is 14.8. The van der Waals surface area contributed by atoms with Gasteiger partial charge in [-0.25, -0.2) is 4.79 Å². The number of nitrogens with zero attached hydrogens (tertiary/aromatic N) is 6. The number of fused-ring (bicyclic) bond motifs is 2. The molecule has 12 atom stereocenters. The molecule has 19 nitrogen and oxygen atoms in total. The summed E-state index contributed by atoms with van der Waals surface area (Å²) in [6.07, 6.45) is 5.49. The van der Waals surface area contributed by atoms with E-state index < -0.39 is 114 Å². The van der Waals surface area contributed by atoms with Crippen LogP contribution in [0, 0.1) is 29.6 Å². The highest BCUT2D eigenvalue weighted by Crippen LogP contribution is 2.29. The van der Waals surface area contributed by atoms with Gasteiger partial charge < -0.3 is 53.5 Å². The molecule has 2 fully saturated rings. The number of methoxy groups -OCH3 is 2. The van der Waals surface area contributed by atoms with Gasteiger partial charge in [0.05, 0.1) is 25.7 Å². The zero-order chi connectivity index (χ0) is 56.8. The van der Waals surface area contributed by atoms with Crippen LogP contribution >= 0.6 is 0 Å². The molecular formula is C56H94N6O13. The largest absolute Gasteiger partial charge is 0.496 e. The summed E-state index contributed by atoms with van der Waals surface area (Å²) in [6, 6.07) is -6.08. The fourth-order valence-electron chi connectivity index (χ4n) is 10.6. The molecule has 0 aromatic heterocycles. The molecule has 0 saturated carbocycles. The summed E-state index contributed by atoms with van der Waals surface area (Å²) in [5.41, 5.74) is 0.639. The number of allylic oxidation sites excluding steroid dienone is 2. The lowest BCUT2D eigenvalue weighted by Crippen LogP contribution is -2.62. The number of aliphatic hydroxyl groups excluding tert-OH is 1. The highest BCUT2D eigenvalue weighted by Gasteiger charge is 2.47. The molecule has 2 saturated heterocycles. The van der Waals surface area contributed by atoms with Crippen LogP contribution in [-0.2, 0) is 57.3 Å². The van der Waals surface area contributed by atoms with E-state index in [1.807, 2.05) is 47.6 Å². The molecule has 0 aromatic carbocycles. The molecule has 0 radical (unpaired) electrons. The van der Waals surface area contributed by atoms with Gasteiger partial charge in [0.15, 0.2) is 0 Å². The summed E-state index contributed by atoms with van der Waals surface area (Å²) in [5.74, 6) is -5.91. The number of rotatable bonds is 8. The quantitative estimate of drug-likeness (QED) is 0.310. The van der Waals surface area contributed by atoms with Crippen LogP contribution in [0.3, 0.4) is 0 Å². The van der Waals surface area contributed by atoms with Crippen LogP contribution < -0.4 is 0 Å². The molecule has 3 heterocycles. The molecule has 1 N–H and O–H groups in total. The van der Waals surface area contributed by atoms with E-state index in [1.165, 1.54) is 70.8 Å².